The molecule has 1 aliphatic heterocycles. The quantitative estimate of drug-likeness (QED) is 0.660. The van der Waals surface area contributed by atoms with Crippen molar-refractivity contribution in [2.45, 2.75) is 39.7 Å². The fraction of sp³-hybridized carbons (Fsp3) is 1.00. The van der Waals surface area contributed by atoms with Gasteiger partial charge in [0.1, 0.15) is 0 Å². The number of β-amino-alcohol motifs (C(OH)–C–C–N with tert-alkyl or cyclic N) is 1. The van der Waals surface area contributed by atoms with Crippen molar-refractivity contribution in [3.63, 3.8) is 0 Å². The summed E-state index contributed by atoms with van der Waals surface area (Å²) >= 11 is 0. The van der Waals surface area contributed by atoms with Gasteiger partial charge >= 0.3 is 0 Å². The van der Waals surface area contributed by atoms with Crippen LogP contribution in [-0.4, -0.2) is 35.7 Å². The summed E-state index contributed by atoms with van der Waals surface area (Å²) in [5.41, 5.74) is 0. The maximum Gasteiger partial charge on any atom is 0.0639 e. The van der Waals surface area contributed by atoms with Crippen LogP contribution in [0.3, 0.4) is 0 Å². The predicted molar refractivity (Wildman–Crippen MR) is 48.7 cm³/mol. The van der Waals surface area contributed by atoms with Crippen molar-refractivity contribution in [2.24, 2.45) is 0 Å². The maximum atomic E-state index is 8.97. The van der Waals surface area contributed by atoms with E-state index in [4.69, 9.17) is 5.11 Å². The van der Waals surface area contributed by atoms with E-state index >= 15 is 0 Å². The molecule has 0 bridgehead atoms. The van der Waals surface area contributed by atoms with Crippen molar-refractivity contribution in [2.75, 3.05) is 19.6 Å². The molecular weight excluding hydrogens is 138 g/mol. The Kier molecular flexibility index (Phi) is 6.57. The second-order valence-electron chi connectivity index (χ2n) is 2.86. The van der Waals surface area contributed by atoms with E-state index in [2.05, 4.69) is 4.90 Å². The number of aliphatic hydroxyl groups is 1. The first kappa shape index (κ1) is 10.9. The van der Waals surface area contributed by atoms with Crippen LogP contribution < -0.4 is 0 Å². The second-order valence-corrected chi connectivity index (χ2v) is 2.86. The molecule has 0 aromatic heterocycles. The summed E-state index contributed by atoms with van der Waals surface area (Å²) in [7, 11) is 0. The molecule has 0 spiro atoms. The molecule has 1 saturated heterocycles. The van der Waals surface area contributed by atoms with Crippen LogP contribution >= 0.6 is 0 Å². The summed E-state index contributed by atoms with van der Waals surface area (Å²) in [6.07, 6.45) is 2.47. The molecule has 0 amide bonds. The van der Waals surface area contributed by atoms with Crippen molar-refractivity contribution in [1.82, 2.24) is 4.90 Å². The molecule has 2 nitrogen and oxygen atoms in total. The molecule has 68 valence electrons. The number of likely N-dealkylation sites (tertiary alicyclic amines) is 1. The van der Waals surface area contributed by atoms with Gasteiger partial charge < -0.3 is 10.0 Å². The fourth-order valence-electron chi connectivity index (χ4n) is 1.34. The first-order valence-corrected chi connectivity index (χ1v) is 4.69. The van der Waals surface area contributed by atoms with Gasteiger partial charge in [-0.1, -0.05) is 13.8 Å². The summed E-state index contributed by atoms with van der Waals surface area (Å²) in [4.78, 5) is 2.31. The lowest BCUT2D eigenvalue weighted by atomic mass is 10.4. The van der Waals surface area contributed by atoms with E-state index in [0.717, 1.165) is 6.54 Å². The average molecular weight is 159 g/mol. The number of nitrogens with zero attached hydrogens (tertiary/aromatic N) is 1. The lowest BCUT2D eigenvalue weighted by molar-refractivity contribution is 0.141. The number of hydrogen-bond donors (Lipinski definition) is 1. The summed E-state index contributed by atoms with van der Waals surface area (Å²) in [6.45, 7) is 9.08. The molecule has 2 heteroatoms. The van der Waals surface area contributed by atoms with E-state index in [0.29, 0.717) is 0 Å². The fourth-order valence-corrected chi connectivity index (χ4v) is 1.34. The van der Waals surface area contributed by atoms with Crippen LogP contribution in [0.1, 0.15) is 33.6 Å². The smallest absolute Gasteiger partial charge is 0.0639 e. The Hall–Kier alpha value is -0.0800. The van der Waals surface area contributed by atoms with E-state index in [-0.39, 0.29) is 6.10 Å². The van der Waals surface area contributed by atoms with Crippen LogP contribution in [0, 0.1) is 0 Å². The van der Waals surface area contributed by atoms with Crippen LogP contribution in [0.2, 0.25) is 0 Å². The van der Waals surface area contributed by atoms with Gasteiger partial charge in [-0.3, -0.25) is 0 Å². The summed E-state index contributed by atoms with van der Waals surface area (Å²) in [5.74, 6) is 0. The Labute approximate surface area is 70.2 Å². The van der Waals surface area contributed by atoms with Crippen LogP contribution in [0.5, 0.6) is 0 Å². The topological polar surface area (TPSA) is 23.5 Å². The molecule has 1 aliphatic rings. The first-order chi connectivity index (χ1) is 5.29. The molecule has 1 heterocycles. The van der Waals surface area contributed by atoms with Crippen LogP contribution in [0.15, 0.2) is 0 Å². The van der Waals surface area contributed by atoms with Crippen molar-refractivity contribution in [1.29, 1.82) is 0 Å². The molecule has 1 N–H and O–H groups in total. The highest BCUT2D eigenvalue weighted by Crippen LogP contribution is 2.06. The third-order valence-corrected chi connectivity index (χ3v) is 1.72. The molecule has 0 aliphatic carbocycles. The monoisotopic (exact) mass is 159 g/mol. The Morgan fingerprint density at radius 1 is 1.27 bits per heavy atom. The van der Waals surface area contributed by atoms with E-state index < -0.39 is 0 Å². The number of aliphatic hydroxyl groups excluding tert-OH is 1. The predicted octanol–water partition coefficient (Wildman–Crippen LogP) is 1.49. The van der Waals surface area contributed by atoms with Gasteiger partial charge in [-0.2, -0.15) is 0 Å². The Balaban J connectivity index is 0.000000461. The second kappa shape index (κ2) is 6.62. The standard InChI is InChI=1S/C7H15NO.C2H6/c1-7(9)6-8-4-2-3-5-8;1-2/h7,9H,2-6H2,1H3;1-2H3/t7-;/m1./s1. The van der Waals surface area contributed by atoms with E-state index in [1.807, 2.05) is 20.8 Å². The summed E-state index contributed by atoms with van der Waals surface area (Å²) in [6, 6.07) is 0. The molecule has 1 atom stereocenters. The molecule has 0 unspecified atom stereocenters. The third-order valence-electron chi connectivity index (χ3n) is 1.72. The average Bonchev–Trinajstić information content (AvgIpc) is 2.43. The number of hydrogen-bond acceptors (Lipinski definition) is 2. The lowest BCUT2D eigenvalue weighted by Crippen LogP contribution is -2.27. The van der Waals surface area contributed by atoms with Gasteiger partial charge in [0, 0.05) is 6.54 Å². The SMILES string of the molecule is CC.C[C@@H](O)CN1CCCC1. The van der Waals surface area contributed by atoms with Gasteiger partial charge in [-0.25, -0.2) is 0 Å². The van der Waals surface area contributed by atoms with E-state index in [1.54, 1.807) is 0 Å². The largest absolute Gasteiger partial charge is 0.392 e. The van der Waals surface area contributed by atoms with Gasteiger partial charge in [0.2, 0.25) is 0 Å². The molecule has 0 aromatic carbocycles. The highest BCUT2D eigenvalue weighted by atomic mass is 16.3. The molecule has 0 saturated carbocycles. The molecule has 0 aromatic rings. The first-order valence-electron chi connectivity index (χ1n) is 4.69. The van der Waals surface area contributed by atoms with Gasteiger partial charge in [-0.15, -0.1) is 0 Å². The lowest BCUT2D eigenvalue weighted by Gasteiger charge is -2.15. The molecular formula is C9H21NO. The molecule has 11 heavy (non-hydrogen) atoms. The van der Waals surface area contributed by atoms with Crippen molar-refractivity contribution in [3.8, 4) is 0 Å². The molecule has 1 rings (SSSR count). The molecule has 1 fully saturated rings. The highest BCUT2D eigenvalue weighted by molar-refractivity contribution is 4.67. The van der Waals surface area contributed by atoms with Crippen LogP contribution in [0.25, 0.3) is 0 Å². The molecule has 0 radical (unpaired) electrons. The normalized spacial score (nSPS) is 20.7. The Bertz CT molecular complexity index is 77.6. The van der Waals surface area contributed by atoms with Crippen molar-refractivity contribution < 1.29 is 5.11 Å². The van der Waals surface area contributed by atoms with Crippen molar-refractivity contribution in [3.05, 3.63) is 0 Å². The highest BCUT2D eigenvalue weighted by Gasteiger charge is 2.12. The van der Waals surface area contributed by atoms with E-state index in [9.17, 15) is 0 Å². The Morgan fingerprint density at radius 3 is 2.09 bits per heavy atom. The number of rotatable bonds is 2. The summed E-state index contributed by atoms with van der Waals surface area (Å²) in [5, 5.41) is 8.97. The van der Waals surface area contributed by atoms with Crippen LogP contribution in [0.4, 0.5) is 0 Å². The zero-order chi connectivity index (χ0) is 8.69. The minimum absolute atomic E-state index is 0.150. The Morgan fingerprint density at radius 2 is 1.73 bits per heavy atom. The van der Waals surface area contributed by atoms with Gasteiger partial charge in [0.05, 0.1) is 6.10 Å². The zero-order valence-corrected chi connectivity index (χ0v) is 8.01. The van der Waals surface area contributed by atoms with Crippen LogP contribution in [-0.2, 0) is 0 Å². The minimum Gasteiger partial charge on any atom is -0.392 e. The van der Waals surface area contributed by atoms with Crippen molar-refractivity contribution >= 4 is 0 Å². The third kappa shape index (κ3) is 5.22. The summed E-state index contributed by atoms with van der Waals surface area (Å²) < 4.78 is 0. The van der Waals surface area contributed by atoms with Gasteiger partial charge in [-0.05, 0) is 32.9 Å². The van der Waals surface area contributed by atoms with Gasteiger partial charge in [0.15, 0.2) is 0 Å². The minimum atomic E-state index is -0.150. The van der Waals surface area contributed by atoms with E-state index in [1.165, 1.54) is 25.9 Å². The maximum absolute atomic E-state index is 8.97. The van der Waals surface area contributed by atoms with Gasteiger partial charge in [0.25, 0.3) is 0 Å². The zero-order valence-electron chi connectivity index (χ0n) is 8.01.